The van der Waals surface area contributed by atoms with Gasteiger partial charge in [-0.25, -0.2) is 13.1 Å². The summed E-state index contributed by atoms with van der Waals surface area (Å²) < 4.78 is 31.6. The third-order valence-electron chi connectivity index (χ3n) is 2.75. The van der Waals surface area contributed by atoms with Gasteiger partial charge in [-0.05, 0) is 26.3 Å². The third kappa shape index (κ3) is 4.37. The highest BCUT2D eigenvalue weighted by molar-refractivity contribution is 7.90. The molecule has 0 aromatic carbocycles. The summed E-state index contributed by atoms with van der Waals surface area (Å²) in [4.78, 5) is 0. The minimum Gasteiger partial charge on any atom is -0.377 e. The molecule has 0 saturated carbocycles. The van der Waals surface area contributed by atoms with E-state index in [0.29, 0.717) is 13.1 Å². The van der Waals surface area contributed by atoms with Crippen molar-refractivity contribution in [3.63, 3.8) is 0 Å². The lowest BCUT2D eigenvalue weighted by Gasteiger charge is -2.16. The molecule has 1 saturated heterocycles. The van der Waals surface area contributed by atoms with E-state index in [-0.39, 0.29) is 6.10 Å². The summed E-state index contributed by atoms with van der Waals surface area (Å²) in [5, 5.41) is 2.62. The number of hydrogen-bond donors (Lipinski definition) is 2. The molecule has 0 aliphatic carbocycles. The van der Waals surface area contributed by atoms with Crippen molar-refractivity contribution >= 4 is 10.0 Å². The fourth-order valence-electron chi connectivity index (χ4n) is 1.61. The fraction of sp³-hybridized carbons (Fsp3) is 1.00. The van der Waals surface area contributed by atoms with Crippen LogP contribution in [0, 0.1) is 0 Å². The molecule has 1 aliphatic heterocycles. The zero-order chi connectivity index (χ0) is 12.0. The Labute approximate surface area is 98.0 Å². The van der Waals surface area contributed by atoms with E-state index in [1.54, 1.807) is 6.92 Å². The Morgan fingerprint density at radius 1 is 1.50 bits per heavy atom. The highest BCUT2D eigenvalue weighted by atomic mass is 32.2. The average Bonchev–Trinajstić information content (AvgIpc) is 2.76. The van der Waals surface area contributed by atoms with Crippen molar-refractivity contribution < 1.29 is 13.2 Å². The van der Waals surface area contributed by atoms with Crippen LogP contribution in [0.1, 0.15) is 26.7 Å². The lowest BCUT2D eigenvalue weighted by Crippen LogP contribution is -2.41. The summed E-state index contributed by atoms with van der Waals surface area (Å²) in [5.74, 6) is 0. The first-order valence-electron chi connectivity index (χ1n) is 5.87. The summed E-state index contributed by atoms with van der Waals surface area (Å²) in [6, 6.07) is 0. The normalized spacial score (nSPS) is 23.5. The number of ether oxygens (including phenoxy) is 1. The molecule has 6 heteroatoms. The molecule has 5 nitrogen and oxygen atoms in total. The van der Waals surface area contributed by atoms with Crippen LogP contribution in [0.3, 0.4) is 0 Å². The van der Waals surface area contributed by atoms with Crippen LogP contribution in [0.2, 0.25) is 0 Å². The quantitative estimate of drug-likeness (QED) is 0.671. The van der Waals surface area contributed by atoms with Crippen LogP contribution < -0.4 is 10.0 Å². The summed E-state index contributed by atoms with van der Waals surface area (Å²) in [6.45, 7) is 6.08. The Kier molecular flexibility index (Phi) is 5.68. The molecule has 2 unspecified atom stereocenters. The molecule has 2 N–H and O–H groups in total. The zero-order valence-electron chi connectivity index (χ0n) is 10.0. The molecule has 1 rings (SSSR count). The molecule has 2 atom stereocenters. The Morgan fingerprint density at radius 2 is 2.25 bits per heavy atom. The topological polar surface area (TPSA) is 67.4 Å². The maximum Gasteiger partial charge on any atom is 0.215 e. The molecule has 0 radical (unpaired) electrons. The molecule has 1 fully saturated rings. The maximum atomic E-state index is 11.8. The molecule has 1 aliphatic rings. The van der Waals surface area contributed by atoms with Gasteiger partial charge in [-0.2, -0.15) is 0 Å². The lowest BCUT2D eigenvalue weighted by atomic mass is 10.2. The highest BCUT2D eigenvalue weighted by Crippen LogP contribution is 2.11. The number of nitrogens with one attached hydrogen (secondary N) is 2. The molecular weight excluding hydrogens is 228 g/mol. The van der Waals surface area contributed by atoms with Crippen LogP contribution >= 0.6 is 0 Å². The fourth-order valence-corrected chi connectivity index (χ4v) is 2.65. The van der Waals surface area contributed by atoms with E-state index < -0.39 is 15.3 Å². The molecule has 0 spiro atoms. The van der Waals surface area contributed by atoms with Crippen LogP contribution in [0.25, 0.3) is 0 Å². The standard InChI is InChI=1S/C10H22N2O3S/c1-3-11-7-9(2)16(13,14)12-8-10-5-4-6-15-10/h9-12H,3-8H2,1-2H3. The first kappa shape index (κ1) is 13.9. The van der Waals surface area contributed by atoms with Gasteiger partial charge in [0.2, 0.25) is 10.0 Å². The molecule has 0 bridgehead atoms. The zero-order valence-corrected chi connectivity index (χ0v) is 10.8. The third-order valence-corrected chi connectivity index (χ3v) is 4.54. The van der Waals surface area contributed by atoms with Gasteiger partial charge in [0.05, 0.1) is 11.4 Å². The second kappa shape index (κ2) is 6.54. The van der Waals surface area contributed by atoms with Crippen molar-refractivity contribution in [1.29, 1.82) is 0 Å². The first-order chi connectivity index (χ1) is 7.56. The van der Waals surface area contributed by atoms with Crippen molar-refractivity contribution in [3.05, 3.63) is 0 Å². The van der Waals surface area contributed by atoms with Gasteiger partial charge in [-0.3, -0.25) is 0 Å². The van der Waals surface area contributed by atoms with Gasteiger partial charge >= 0.3 is 0 Å². The Morgan fingerprint density at radius 3 is 2.81 bits per heavy atom. The van der Waals surface area contributed by atoms with Crippen molar-refractivity contribution in [1.82, 2.24) is 10.0 Å². The van der Waals surface area contributed by atoms with Gasteiger partial charge in [0.25, 0.3) is 0 Å². The molecule has 0 amide bonds. The average molecular weight is 250 g/mol. The molecule has 0 aromatic heterocycles. The van der Waals surface area contributed by atoms with Gasteiger partial charge in [-0.15, -0.1) is 0 Å². The highest BCUT2D eigenvalue weighted by Gasteiger charge is 2.23. The SMILES string of the molecule is CCNCC(C)S(=O)(=O)NCC1CCCO1. The number of rotatable bonds is 7. The Bertz CT molecular complexity index is 286. The molecule has 16 heavy (non-hydrogen) atoms. The van der Waals surface area contributed by atoms with Gasteiger partial charge in [0, 0.05) is 19.7 Å². The van der Waals surface area contributed by atoms with Gasteiger partial charge in [-0.1, -0.05) is 6.92 Å². The second-order valence-electron chi connectivity index (χ2n) is 4.15. The minimum atomic E-state index is -3.21. The largest absolute Gasteiger partial charge is 0.377 e. The van der Waals surface area contributed by atoms with Crippen LogP contribution in [0.15, 0.2) is 0 Å². The van der Waals surface area contributed by atoms with E-state index in [1.807, 2.05) is 6.92 Å². The van der Waals surface area contributed by atoms with E-state index in [4.69, 9.17) is 4.74 Å². The lowest BCUT2D eigenvalue weighted by molar-refractivity contribution is 0.114. The van der Waals surface area contributed by atoms with Crippen LogP contribution in [-0.4, -0.2) is 46.0 Å². The minimum absolute atomic E-state index is 0.0566. The van der Waals surface area contributed by atoms with Crippen LogP contribution in [-0.2, 0) is 14.8 Å². The predicted molar refractivity (Wildman–Crippen MR) is 63.9 cm³/mol. The van der Waals surface area contributed by atoms with E-state index in [0.717, 1.165) is 26.0 Å². The smallest absolute Gasteiger partial charge is 0.215 e. The Balaban J connectivity index is 2.32. The summed E-state index contributed by atoms with van der Waals surface area (Å²) >= 11 is 0. The van der Waals surface area contributed by atoms with Crippen molar-refractivity contribution in [2.24, 2.45) is 0 Å². The second-order valence-corrected chi connectivity index (χ2v) is 6.33. The van der Waals surface area contributed by atoms with E-state index >= 15 is 0 Å². The molecular formula is C10H22N2O3S. The molecule has 1 heterocycles. The number of hydrogen-bond acceptors (Lipinski definition) is 4. The van der Waals surface area contributed by atoms with E-state index in [9.17, 15) is 8.42 Å². The van der Waals surface area contributed by atoms with Crippen LogP contribution in [0.5, 0.6) is 0 Å². The van der Waals surface area contributed by atoms with Gasteiger partial charge < -0.3 is 10.1 Å². The summed E-state index contributed by atoms with van der Waals surface area (Å²) in [5.41, 5.74) is 0. The first-order valence-corrected chi connectivity index (χ1v) is 7.41. The predicted octanol–water partition coefficient (Wildman–Crippen LogP) is 0.0828. The van der Waals surface area contributed by atoms with Crippen molar-refractivity contribution in [2.75, 3.05) is 26.2 Å². The summed E-state index contributed by atoms with van der Waals surface area (Å²) in [6.07, 6.45) is 2.03. The van der Waals surface area contributed by atoms with Gasteiger partial charge in [0.1, 0.15) is 0 Å². The summed E-state index contributed by atoms with van der Waals surface area (Å²) in [7, 11) is -3.21. The molecule has 96 valence electrons. The van der Waals surface area contributed by atoms with Gasteiger partial charge in [0.15, 0.2) is 0 Å². The van der Waals surface area contributed by atoms with Crippen molar-refractivity contribution in [3.8, 4) is 0 Å². The van der Waals surface area contributed by atoms with E-state index in [2.05, 4.69) is 10.0 Å². The monoisotopic (exact) mass is 250 g/mol. The molecule has 0 aromatic rings. The van der Waals surface area contributed by atoms with E-state index in [1.165, 1.54) is 0 Å². The van der Waals surface area contributed by atoms with Crippen molar-refractivity contribution in [2.45, 2.75) is 38.0 Å². The van der Waals surface area contributed by atoms with Crippen LogP contribution in [0.4, 0.5) is 0 Å². The Hall–Kier alpha value is -0.170. The maximum absolute atomic E-state index is 11.8. The number of sulfonamides is 1.